The monoisotopic (exact) mass is 464 g/mol. The molecule has 33 heavy (non-hydrogen) atoms. The van der Waals surface area contributed by atoms with Gasteiger partial charge in [-0.25, -0.2) is 10.2 Å². The zero-order valence-electron chi connectivity index (χ0n) is 18.4. The van der Waals surface area contributed by atoms with E-state index in [2.05, 4.69) is 27.9 Å². The molecule has 1 aromatic carbocycles. The molecule has 2 fully saturated rings. The number of allylic oxidation sites excluding steroid dienone is 1. The van der Waals surface area contributed by atoms with Crippen molar-refractivity contribution in [3.8, 4) is 0 Å². The van der Waals surface area contributed by atoms with Gasteiger partial charge in [0.25, 0.3) is 0 Å². The molecule has 0 radical (unpaired) electrons. The Morgan fingerprint density at radius 2 is 2.09 bits per heavy atom. The number of nitrogens with one attached hydrogen (secondary N) is 2. The molecule has 4 N–H and O–H groups in total. The van der Waals surface area contributed by atoms with Crippen molar-refractivity contribution in [2.24, 2.45) is 5.92 Å². The van der Waals surface area contributed by atoms with Crippen LogP contribution in [0.15, 0.2) is 34.5 Å². The van der Waals surface area contributed by atoms with E-state index < -0.39 is 23.3 Å². The molecule has 9 nitrogen and oxygen atoms in total. The number of hydrogen-bond donors (Lipinski definition) is 3. The molecule has 2 bridgehead atoms. The number of benzene rings is 1. The summed E-state index contributed by atoms with van der Waals surface area (Å²) in [5.74, 6) is 1.21. The van der Waals surface area contributed by atoms with Gasteiger partial charge in [-0.15, -0.1) is 15.7 Å². The lowest BCUT2D eigenvalue weighted by Crippen LogP contribution is -2.97. The van der Waals surface area contributed by atoms with E-state index in [9.17, 15) is 18.0 Å². The summed E-state index contributed by atoms with van der Waals surface area (Å²) in [4.78, 5) is 15.0. The van der Waals surface area contributed by atoms with Crippen LogP contribution in [0.4, 0.5) is 29.3 Å². The van der Waals surface area contributed by atoms with Gasteiger partial charge in [-0.3, -0.25) is 0 Å². The minimum atomic E-state index is -4.54. The van der Waals surface area contributed by atoms with Gasteiger partial charge in [-0.05, 0) is 43.9 Å². The van der Waals surface area contributed by atoms with Crippen molar-refractivity contribution in [3.05, 3.63) is 47.4 Å². The fraction of sp³-hybridized carbons (Fsp3) is 0.476. The molecule has 3 atom stereocenters. The number of quaternary nitrogens is 1. The average molecular weight is 464 g/mol. The van der Waals surface area contributed by atoms with Crippen molar-refractivity contribution in [2.75, 3.05) is 10.3 Å². The van der Waals surface area contributed by atoms with Gasteiger partial charge in [0.05, 0.1) is 17.5 Å². The number of nitrogens with two attached hydrogens (primary N) is 1. The van der Waals surface area contributed by atoms with Crippen LogP contribution in [0.2, 0.25) is 0 Å². The highest BCUT2D eigenvalue weighted by molar-refractivity contribution is 5.91. The van der Waals surface area contributed by atoms with E-state index in [0.29, 0.717) is 29.8 Å². The van der Waals surface area contributed by atoms with Gasteiger partial charge in [0.15, 0.2) is 0 Å². The summed E-state index contributed by atoms with van der Waals surface area (Å²) in [7, 11) is 0. The second-order valence-electron chi connectivity index (χ2n) is 9.08. The number of carbonyl (C=O) groups excluding carboxylic acids is 1. The molecule has 12 heteroatoms. The zero-order valence-corrected chi connectivity index (χ0v) is 18.4. The summed E-state index contributed by atoms with van der Waals surface area (Å²) in [6.45, 7) is 5.57. The molecule has 2 amide bonds. The maximum Gasteiger partial charge on any atom is 0.418 e. The number of amides is 2. The number of aryl methyl sites for hydroxylation is 1. The number of carbonyl (C=O) groups is 1. The molecule has 2 aromatic rings. The summed E-state index contributed by atoms with van der Waals surface area (Å²) >= 11 is 0. The highest BCUT2D eigenvalue weighted by Gasteiger charge is 2.62. The fourth-order valence-electron chi connectivity index (χ4n) is 5.27. The third-order valence-electron chi connectivity index (χ3n) is 6.50. The van der Waals surface area contributed by atoms with Gasteiger partial charge in [0.2, 0.25) is 11.8 Å². The van der Waals surface area contributed by atoms with E-state index in [1.165, 1.54) is 22.7 Å². The van der Waals surface area contributed by atoms with Crippen LogP contribution in [0.5, 0.6) is 0 Å². The number of alkyl halides is 3. The van der Waals surface area contributed by atoms with E-state index in [1.54, 1.807) is 24.9 Å². The first-order valence-corrected chi connectivity index (χ1v) is 10.8. The SMILES string of the molecule is CC1=CN(c2cc(NC(=O)N3[C@H]4C[C@@H](C)C[C@]3(c3nnc(C)o3)C4)ccc2C(F)(F)F)[NH2+]N1. The second-order valence-corrected chi connectivity index (χ2v) is 9.08. The summed E-state index contributed by atoms with van der Waals surface area (Å²) in [6.07, 6.45) is -0.720. The molecular formula is C21H25F3N7O2+. The van der Waals surface area contributed by atoms with Crippen LogP contribution < -0.4 is 21.3 Å². The Morgan fingerprint density at radius 1 is 1.30 bits per heavy atom. The van der Waals surface area contributed by atoms with E-state index in [1.807, 2.05) is 0 Å². The van der Waals surface area contributed by atoms with Crippen molar-refractivity contribution in [2.45, 2.75) is 57.8 Å². The molecular weight excluding hydrogens is 439 g/mol. The number of hydrogen-bond acceptors (Lipinski definition) is 6. The topological polar surface area (TPSA) is 103 Å². The molecule has 5 rings (SSSR count). The summed E-state index contributed by atoms with van der Waals surface area (Å²) in [6, 6.07) is 3.20. The van der Waals surface area contributed by atoms with Crippen molar-refractivity contribution in [1.29, 1.82) is 0 Å². The molecule has 0 spiro atoms. The molecule has 3 aliphatic rings. The zero-order chi connectivity index (χ0) is 23.5. The van der Waals surface area contributed by atoms with Gasteiger partial charge in [-0.2, -0.15) is 18.2 Å². The molecule has 176 valence electrons. The van der Waals surface area contributed by atoms with Crippen LogP contribution in [-0.4, -0.2) is 27.2 Å². The average Bonchev–Trinajstić information content (AvgIpc) is 3.35. The van der Waals surface area contributed by atoms with E-state index >= 15 is 0 Å². The molecule has 3 aliphatic heterocycles. The second kappa shape index (κ2) is 7.37. The van der Waals surface area contributed by atoms with Gasteiger partial charge < -0.3 is 14.6 Å². The molecule has 4 heterocycles. The Labute approximate surface area is 187 Å². The Kier molecular flexibility index (Phi) is 4.82. The number of anilines is 2. The van der Waals surface area contributed by atoms with Gasteiger partial charge >= 0.3 is 12.2 Å². The highest BCUT2D eigenvalue weighted by Crippen LogP contribution is 2.55. The van der Waals surface area contributed by atoms with Gasteiger partial charge in [0.1, 0.15) is 11.2 Å². The van der Waals surface area contributed by atoms with Crippen LogP contribution in [0.1, 0.15) is 50.5 Å². The lowest BCUT2D eigenvalue weighted by atomic mass is 9.64. The Balaban J connectivity index is 1.44. The first-order chi connectivity index (χ1) is 15.6. The largest absolute Gasteiger partial charge is 0.423 e. The van der Waals surface area contributed by atoms with Crippen molar-refractivity contribution >= 4 is 17.4 Å². The number of rotatable bonds is 3. The Hall–Kier alpha value is -3.28. The standard InChI is InChI=1S/C21H24F3N7O2/c1-11-6-15-9-20(8-11,18-28-27-13(3)33-18)31(15)19(32)25-14-4-5-16(21(22,23)24)17(7-14)30-10-12(2)26-29-30/h4-5,7,10-11,15,26,29H,6,8-9H2,1-3H3,(H,25,32)/p+1/t11-,15+,20-/m1/s1. The Bertz CT molecular complexity index is 1130. The van der Waals surface area contributed by atoms with Crippen LogP contribution in [0.3, 0.4) is 0 Å². The van der Waals surface area contributed by atoms with Crippen LogP contribution in [0.25, 0.3) is 0 Å². The number of piperidine rings is 1. The third-order valence-corrected chi connectivity index (χ3v) is 6.50. The number of fused-ring (bicyclic) bond motifs is 2. The predicted molar refractivity (Wildman–Crippen MR) is 111 cm³/mol. The minimum absolute atomic E-state index is 0.0107. The third kappa shape index (κ3) is 3.58. The van der Waals surface area contributed by atoms with Crippen LogP contribution in [-0.2, 0) is 11.7 Å². The van der Waals surface area contributed by atoms with Gasteiger partial charge in [0, 0.05) is 25.1 Å². The number of urea groups is 1. The summed E-state index contributed by atoms with van der Waals surface area (Å²) in [5.41, 5.74) is 3.73. The molecule has 1 aromatic heterocycles. The number of halogens is 3. The van der Waals surface area contributed by atoms with Crippen molar-refractivity contribution in [3.63, 3.8) is 0 Å². The van der Waals surface area contributed by atoms with Crippen molar-refractivity contribution < 1.29 is 27.9 Å². The van der Waals surface area contributed by atoms with Crippen LogP contribution >= 0.6 is 0 Å². The molecule has 2 saturated heterocycles. The lowest BCUT2D eigenvalue weighted by molar-refractivity contribution is -0.700. The molecule has 0 saturated carbocycles. The number of nitrogens with zero attached hydrogens (tertiary/aromatic N) is 4. The van der Waals surface area contributed by atoms with Gasteiger partial charge in [-0.1, -0.05) is 6.92 Å². The first-order valence-electron chi connectivity index (χ1n) is 10.8. The Morgan fingerprint density at radius 3 is 2.73 bits per heavy atom. The fourth-order valence-corrected chi connectivity index (χ4v) is 5.27. The van der Waals surface area contributed by atoms with E-state index in [0.717, 1.165) is 18.9 Å². The van der Waals surface area contributed by atoms with E-state index in [4.69, 9.17) is 4.42 Å². The molecule has 0 aliphatic carbocycles. The van der Waals surface area contributed by atoms with E-state index in [-0.39, 0.29) is 17.4 Å². The normalized spacial score (nSPS) is 26.5. The number of aromatic nitrogens is 2. The maximum atomic E-state index is 13.6. The molecule has 0 unspecified atom stereocenters. The van der Waals surface area contributed by atoms with Crippen molar-refractivity contribution in [1.82, 2.24) is 20.5 Å². The summed E-state index contributed by atoms with van der Waals surface area (Å²) in [5, 5.41) is 12.3. The summed E-state index contributed by atoms with van der Waals surface area (Å²) < 4.78 is 46.6. The smallest absolute Gasteiger partial charge is 0.418 e. The van der Waals surface area contributed by atoms with Crippen LogP contribution in [0, 0.1) is 12.8 Å². The first kappa shape index (κ1) is 21.6. The maximum absolute atomic E-state index is 13.6. The highest BCUT2D eigenvalue weighted by atomic mass is 19.4. The lowest BCUT2D eigenvalue weighted by Gasteiger charge is -2.61. The quantitative estimate of drug-likeness (QED) is 0.604. The minimum Gasteiger partial charge on any atom is -0.423 e. The predicted octanol–water partition coefficient (Wildman–Crippen LogP) is 2.99.